The second kappa shape index (κ2) is 17.1. The highest BCUT2D eigenvalue weighted by Crippen LogP contribution is 2.39. The number of hydrogen-bond donors (Lipinski definition) is 3. The number of rotatable bonds is 18. The molecule has 43 heavy (non-hydrogen) atoms. The average molecular weight is 596 g/mol. The summed E-state index contributed by atoms with van der Waals surface area (Å²) in [7, 11) is 0. The Kier molecular flexibility index (Phi) is 12.6. The molecule has 13 nitrogen and oxygen atoms in total. The van der Waals surface area contributed by atoms with Crippen LogP contribution in [0.15, 0.2) is 48.5 Å². The zero-order valence-electron chi connectivity index (χ0n) is 24.0. The Hall–Kier alpha value is -4.17. The number of para-hydroxylation sites is 1. The minimum Gasteiger partial charge on any atom is -0.481 e. The Balaban J connectivity index is 1.12. The van der Waals surface area contributed by atoms with E-state index in [9.17, 15) is 14.4 Å². The molecule has 1 aliphatic rings. The van der Waals surface area contributed by atoms with Crippen LogP contribution in [0, 0.1) is 0 Å². The first-order chi connectivity index (χ1) is 21.0. The van der Waals surface area contributed by atoms with Crippen LogP contribution in [0.5, 0.6) is 0 Å². The van der Waals surface area contributed by atoms with Gasteiger partial charge < -0.3 is 34.3 Å². The van der Waals surface area contributed by atoms with Gasteiger partial charge in [-0.25, -0.2) is 0 Å². The Morgan fingerprint density at radius 2 is 1.33 bits per heavy atom. The molecule has 3 N–H and O–H groups in total. The number of carbonyl (C=O) groups excluding carboxylic acids is 2. The highest BCUT2D eigenvalue weighted by molar-refractivity contribution is 6.01. The van der Waals surface area contributed by atoms with Gasteiger partial charge in [0.2, 0.25) is 11.8 Å². The highest BCUT2D eigenvalue weighted by atomic mass is 16.6. The topological polar surface area (TPSA) is 165 Å². The maximum atomic E-state index is 13.4. The minimum atomic E-state index is -0.892. The van der Waals surface area contributed by atoms with Gasteiger partial charge in [0.25, 0.3) is 0 Å². The quantitative estimate of drug-likeness (QED) is 0.186. The Morgan fingerprint density at radius 3 is 2.02 bits per heavy atom. The fourth-order valence-corrected chi connectivity index (χ4v) is 4.51. The molecule has 0 saturated heterocycles. The number of carboxylic acid groups (broad SMARTS) is 1. The van der Waals surface area contributed by atoms with Crippen molar-refractivity contribution in [2.24, 2.45) is 0 Å². The summed E-state index contributed by atoms with van der Waals surface area (Å²) in [4.78, 5) is 38.0. The van der Waals surface area contributed by atoms with Crippen LogP contribution < -0.4 is 10.2 Å². The Bertz CT molecular complexity index is 1350. The molecule has 2 aromatic carbocycles. The molecule has 0 atom stereocenters. The summed E-state index contributed by atoms with van der Waals surface area (Å²) >= 11 is 0. The minimum absolute atomic E-state index is 0.0246. The van der Waals surface area contributed by atoms with Crippen molar-refractivity contribution in [3.8, 4) is 22.5 Å². The number of nitrogens with zero attached hydrogens (tertiary/aromatic N) is 3. The van der Waals surface area contributed by atoms with Crippen molar-refractivity contribution in [3.63, 3.8) is 0 Å². The SMILES string of the molecule is O=C(O)CCOCCOCCOCCOCCNC(=O)CCC(=O)N1Cc2ccccc2-c2n[nH]nc2-c2ccccc21. The first kappa shape index (κ1) is 31.8. The van der Waals surface area contributed by atoms with E-state index in [-0.39, 0.29) is 37.7 Å². The van der Waals surface area contributed by atoms with Gasteiger partial charge in [-0.2, -0.15) is 15.4 Å². The van der Waals surface area contributed by atoms with Gasteiger partial charge in [-0.3, -0.25) is 14.4 Å². The van der Waals surface area contributed by atoms with E-state index in [0.717, 1.165) is 28.1 Å². The molecule has 0 fully saturated rings. The van der Waals surface area contributed by atoms with Crippen LogP contribution in [0.2, 0.25) is 0 Å². The Morgan fingerprint density at radius 1 is 0.744 bits per heavy atom. The van der Waals surface area contributed by atoms with Crippen LogP contribution >= 0.6 is 0 Å². The number of anilines is 1. The number of benzene rings is 2. The van der Waals surface area contributed by atoms with Crippen molar-refractivity contribution in [1.82, 2.24) is 20.7 Å². The van der Waals surface area contributed by atoms with Crippen molar-refractivity contribution in [2.75, 3.05) is 64.3 Å². The number of carbonyl (C=O) groups is 3. The average Bonchev–Trinajstić information content (AvgIpc) is 3.49. The van der Waals surface area contributed by atoms with Gasteiger partial charge in [-0.15, -0.1) is 0 Å². The molecule has 0 unspecified atom stereocenters. The van der Waals surface area contributed by atoms with Crippen molar-refractivity contribution >= 4 is 23.5 Å². The van der Waals surface area contributed by atoms with Crippen molar-refractivity contribution < 1.29 is 38.4 Å². The molecule has 0 saturated carbocycles. The molecule has 2 heterocycles. The molecule has 1 aliphatic heterocycles. The summed E-state index contributed by atoms with van der Waals surface area (Å²) in [6.07, 6.45) is 0.0878. The molecule has 0 aliphatic carbocycles. The van der Waals surface area contributed by atoms with E-state index < -0.39 is 5.97 Å². The van der Waals surface area contributed by atoms with Crippen LogP contribution in [0.4, 0.5) is 5.69 Å². The highest BCUT2D eigenvalue weighted by Gasteiger charge is 2.27. The van der Waals surface area contributed by atoms with E-state index in [1.54, 1.807) is 4.90 Å². The van der Waals surface area contributed by atoms with Crippen LogP contribution in [0.1, 0.15) is 24.8 Å². The van der Waals surface area contributed by atoms with E-state index in [4.69, 9.17) is 24.1 Å². The van der Waals surface area contributed by atoms with Gasteiger partial charge in [0.15, 0.2) is 0 Å². The summed E-state index contributed by atoms with van der Waals surface area (Å²) < 4.78 is 21.3. The second-order valence-corrected chi connectivity index (χ2v) is 9.62. The number of H-pyrrole nitrogens is 1. The molecule has 13 heteroatoms. The number of ether oxygens (including phenoxy) is 4. The van der Waals surface area contributed by atoms with E-state index in [1.807, 2.05) is 48.5 Å². The molecule has 3 aromatic rings. The largest absolute Gasteiger partial charge is 0.481 e. The molecule has 0 bridgehead atoms. The van der Waals surface area contributed by atoms with Gasteiger partial charge >= 0.3 is 5.97 Å². The maximum Gasteiger partial charge on any atom is 0.305 e. The van der Waals surface area contributed by atoms with E-state index in [1.165, 1.54) is 0 Å². The number of fused-ring (bicyclic) bond motifs is 5. The molecule has 1 aromatic heterocycles. The summed E-state index contributed by atoms with van der Waals surface area (Å²) in [5.74, 6) is -1.28. The summed E-state index contributed by atoms with van der Waals surface area (Å²) in [5, 5.41) is 22.8. The number of aromatic amines is 1. The van der Waals surface area contributed by atoms with E-state index >= 15 is 0 Å². The number of carboxylic acids is 1. The third-order valence-electron chi connectivity index (χ3n) is 6.61. The van der Waals surface area contributed by atoms with Gasteiger partial charge in [-0.1, -0.05) is 42.5 Å². The summed E-state index contributed by atoms with van der Waals surface area (Å²) in [6, 6.07) is 15.4. The first-order valence-electron chi connectivity index (χ1n) is 14.2. The monoisotopic (exact) mass is 595 g/mol. The van der Waals surface area contributed by atoms with Crippen molar-refractivity contribution in [3.05, 3.63) is 54.1 Å². The third-order valence-corrected chi connectivity index (χ3v) is 6.61. The standard InChI is InChI=1S/C30H37N5O8/c36-26(31-12-14-41-16-18-43-20-19-42-17-15-40-13-11-28(38)39)9-10-27(37)35-21-22-5-1-2-6-23(22)29-30(33-34-32-29)24-7-3-4-8-25(24)35/h1-8H,9-21H2,(H,31,36)(H,38,39)(H,32,33,34). The lowest BCUT2D eigenvalue weighted by molar-refractivity contribution is -0.138. The molecular formula is C30H37N5O8. The van der Waals surface area contributed by atoms with Gasteiger partial charge in [0, 0.05) is 30.5 Å². The number of amides is 2. The number of aliphatic carboxylic acids is 1. The molecule has 0 spiro atoms. The number of nitrogens with one attached hydrogen (secondary N) is 2. The van der Waals surface area contributed by atoms with Gasteiger partial charge in [0.05, 0.1) is 71.5 Å². The summed E-state index contributed by atoms with van der Waals surface area (Å²) in [6.45, 7) is 3.42. The van der Waals surface area contributed by atoms with Gasteiger partial charge in [0.1, 0.15) is 11.4 Å². The number of hydrogen-bond acceptors (Lipinski definition) is 9. The molecular weight excluding hydrogens is 558 g/mol. The Labute approximate surface area is 249 Å². The fourth-order valence-electron chi connectivity index (χ4n) is 4.51. The smallest absolute Gasteiger partial charge is 0.305 e. The van der Waals surface area contributed by atoms with Crippen LogP contribution in [-0.4, -0.2) is 97.7 Å². The molecule has 2 amide bonds. The predicted molar refractivity (Wildman–Crippen MR) is 156 cm³/mol. The van der Waals surface area contributed by atoms with Crippen LogP contribution in [0.25, 0.3) is 22.5 Å². The molecule has 4 rings (SSSR count). The predicted octanol–water partition coefficient (Wildman–Crippen LogP) is 2.42. The second-order valence-electron chi connectivity index (χ2n) is 9.62. The summed E-state index contributed by atoms with van der Waals surface area (Å²) in [5.41, 5.74) is 4.79. The first-order valence-corrected chi connectivity index (χ1v) is 14.2. The lowest BCUT2D eigenvalue weighted by atomic mass is 9.95. The van der Waals surface area contributed by atoms with Crippen molar-refractivity contribution in [1.29, 1.82) is 0 Å². The molecule has 0 radical (unpaired) electrons. The maximum absolute atomic E-state index is 13.4. The van der Waals surface area contributed by atoms with E-state index in [2.05, 4.69) is 20.7 Å². The normalized spacial score (nSPS) is 12.0. The van der Waals surface area contributed by atoms with Crippen LogP contribution in [0.3, 0.4) is 0 Å². The fraction of sp³-hybridized carbons (Fsp3) is 0.433. The third kappa shape index (κ3) is 9.68. The zero-order valence-corrected chi connectivity index (χ0v) is 24.0. The lowest BCUT2D eigenvalue weighted by Crippen LogP contribution is -2.33. The van der Waals surface area contributed by atoms with E-state index in [0.29, 0.717) is 65.0 Å². The molecule has 230 valence electrons. The number of aromatic nitrogens is 3. The zero-order chi connectivity index (χ0) is 30.3. The lowest BCUT2D eigenvalue weighted by Gasteiger charge is -2.28. The van der Waals surface area contributed by atoms with Gasteiger partial charge in [-0.05, 0) is 11.6 Å². The van der Waals surface area contributed by atoms with Crippen molar-refractivity contribution in [2.45, 2.75) is 25.8 Å². The van der Waals surface area contributed by atoms with Crippen LogP contribution in [-0.2, 0) is 39.9 Å².